The number of amides is 1. The van der Waals surface area contributed by atoms with Gasteiger partial charge in [-0.2, -0.15) is 0 Å². The van der Waals surface area contributed by atoms with E-state index in [9.17, 15) is 39.5 Å². The number of aliphatic hydroxyl groups excluding tert-OH is 5. The smallest absolute Gasteiger partial charge is 0.317 e. The summed E-state index contributed by atoms with van der Waals surface area (Å²) < 4.78 is 15.5. The minimum Gasteiger partial charge on any atom is -0.480 e. The van der Waals surface area contributed by atoms with E-state index >= 15 is 0 Å². The van der Waals surface area contributed by atoms with E-state index < -0.39 is 44.1 Å². The molecule has 20 heteroatoms. The number of alkyl halides is 1. The van der Waals surface area contributed by atoms with Crippen molar-refractivity contribution < 1.29 is 46.0 Å². The van der Waals surface area contributed by atoms with Crippen LogP contribution in [0.5, 0.6) is 0 Å². The predicted octanol–water partition coefficient (Wildman–Crippen LogP) is 2.32. The van der Waals surface area contributed by atoms with Gasteiger partial charge in [0, 0.05) is 116 Å². The number of aliphatic hydroxyl groups is 5. The molecule has 0 unspecified atom stereocenters. The Morgan fingerprint density at radius 3 is 1.06 bits per heavy atom. The summed E-state index contributed by atoms with van der Waals surface area (Å²) in [5.41, 5.74) is 5.42. The first kappa shape index (κ1) is 56.3. The molecule has 0 aliphatic rings. The lowest BCUT2D eigenvalue weighted by Gasteiger charge is -2.31. The minimum absolute atomic E-state index is 0.0126. The van der Waals surface area contributed by atoms with E-state index in [1.54, 1.807) is 37.2 Å². The van der Waals surface area contributed by atoms with Crippen molar-refractivity contribution in [2.75, 3.05) is 66.6 Å². The molecule has 6 rings (SSSR count). The Hall–Kier alpha value is -6.59. The number of carboxylic acid groups (broad SMARTS) is 1. The van der Waals surface area contributed by atoms with E-state index in [4.69, 9.17) is 6.48 Å². The Bertz CT molecular complexity index is 2290. The molecule has 6 aromatic heterocycles. The number of aromatic nitrogens is 6. The molecule has 72 heavy (non-hydrogen) atoms. The summed E-state index contributed by atoms with van der Waals surface area (Å²) in [4.78, 5) is 60.5. The van der Waals surface area contributed by atoms with Crippen LogP contribution in [0.3, 0.4) is 0 Å². The van der Waals surface area contributed by atoms with Gasteiger partial charge in [0.25, 0.3) is 0 Å². The molecular weight excluding hydrogens is 926 g/mol. The molecule has 0 bridgehead atoms. The van der Waals surface area contributed by atoms with Gasteiger partial charge in [-0.05, 0) is 72.8 Å². The van der Waals surface area contributed by atoms with Gasteiger partial charge < -0.3 is 35.5 Å². The second-order valence-corrected chi connectivity index (χ2v) is 16.7. The molecule has 4 atom stereocenters. The van der Waals surface area contributed by atoms with Crippen molar-refractivity contribution in [1.82, 2.24) is 54.4 Å². The van der Waals surface area contributed by atoms with Gasteiger partial charge in [-0.25, -0.2) is 0 Å². The Balaban J connectivity index is 0.000000316. The molecule has 0 saturated heterocycles. The van der Waals surface area contributed by atoms with Crippen LogP contribution in [0.15, 0.2) is 146 Å². The third-order valence-electron chi connectivity index (χ3n) is 11.1. The van der Waals surface area contributed by atoms with Crippen molar-refractivity contribution >= 4 is 11.9 Å². The number of pyridine rings is 6. The first-order valence-corrected chi connectivity index (χ1v) is 23.3. The van der Waals surface area contributed by atoms with Crippen LogP contribution in [-0.4, -0.2) is 188 Å². The summed E-state index contributed by atoms with van der Waals surface area (Å²) in [7, 11) is 0.487. The lowest BCUT2D eigenvalue weighted by atomic mass is 10.0. The fourth-order valence-electron chi connectivity index (χ4n) is 7.30. The van der Waals surface area contributed by atoms with Crippen molar-refractivity contribution in [2.45, 2.75) is 63.7 Å². The third-order valence-corrected chi connectivity index (χ3v) is 11.1. The van der Waals surface area contributed by atoms with Crippen molar-refractivity contribution in [1.29, 1.82) is 0 Å². The first-order valence-electron chi connectivity index (χ1n) is 24.0. The Morgan fingerprint density at radius 1 is 0.500 bits per heavy atom. The quantitative estimate of drug-likeness (QED) is 0.0413. The van der Waals surface area contributed by atoms with Crippen LogP contribution >= 0.6 is 0 Å². The summed E-state index contributed by atoms with van der Waals surface area (Å²) in [5, 5.41) is 58.2. The molecule has 0 fully saturated rings. The minimum atomic E-state index is -1.76. The summed E-state index contributed by atoms with van der Waals surface area (Å²) in [6.07, 6.45) is 3.84. The number of carbonyl (C=O) groups excluding carboxylic acids is 1. The molecular formula is C52H68FN11O8. The summed E-state index contributed by atoms with van der Waals surface area (Å²) in [5.74, 6) is -1.16. The molecule has 0 aromatic carbocycles. The molecule has 1 amide bonds. The molecule has 6 heterocycles. The zero-order chi connectivity index (χ0) is 52.6. The van der Waals surface area contributed by atoms with E-state index in [1.165, 1.54) is 11.9 Å². The standard InChI is InChI=1S/C29H40N6O6.C22H25N5O2.CH3F/c1-33(19-25(37)28(40)29(41)26(38)21-36)27(39)20-35(18-24-10-4-7-13-32-24)15-14-34(16-22-8-2-5-11-30-22)17-23-9-3-6-12-31-23;28-22(29)18-27(17-21-9-3-6-12-25-21)14-13-26(15-19-7-1-4-10-23-19)16-20-8-2-5-11-24-20;1-2/h2-13,25-26,28-29,36-38,40-41H,14-21H2,1H3;1-12H,13-18H2,(H,28,29);1H3/t25-,26+,28+,29+;;/m0../s1/i;;1D. The third kappa shape index (κ3) is 22.2. The Labute approximate surface area is 422 Å². The van der Waals surface area contributed by atoms with Gasteiger partial charge >= 0.3 is 5.97 Å². The molecule has 6 N–H and O–H groups in total. The predicted molar refractivity (Wildman–Crippen MR) is 268 cm³/mol. The van der Waals surface area contributed by atoms with Gasteiger partial charge in [-0.1, -0.05) is 36.4 Å². The normalized spacial score (nSPS) is 13.0. The highest BCUT2D eigenvalue weighted by atomic mass is 19.1. The fourth-order valence-corrected chi connectivity index (χ4v) is 7.30. The van der Waals surface area contributed by atoms with Crippen LogP contribution in [0.4, 0.5) is 4.39 Å². The molecule has 0 radical (unpaired) electrons. The van der Waals surface area contributed by atoms with Gasteiger partial charge in [0.05, 0.1) is 62.4 Å². The molecule has 19 nitrogen and oxygen atoms in total. The van der Waals surface area contributed by atoms with Crippen molar-refractivity contribution in [3.05, 3.63) is 181 Å². The Morgan fingerprint density at radius 2 is 0.778 bits per heavy atom. The molecule has 0 aliphatic carbocycles. The van der Waals surface area contributed by atoms with Crippen LogP contribution in [0.1, 0.15) is 35.5 Å². The highest BCUT2D eigenvalue weighted by Gasteiger charge is 2.31. The van der Waals surface area contributed by atoms with Crippen LogP contribution in [0.2, 0.25) is 0 Å². The highest BCUT2D eigenvalue weighted by molar-refractivity contribution is 5.78. The maximum atomic E-state index is 13.2. The number of carboxylic acids is 1. The van der Waals surface area contributed by atoms with E-state index in [-0.39, 0.29) is 25.5 Å². The van der Waals surface area contributed by atoms with Crippen LogP contribution < -0.4 is 0 Å². The SMILES string of the molecule is CN(C[C@H](O)[C@@H](O)[C@H](O)[C@H](O)CO)C(=O)CN(CCN(Cc1ccccn1)Cc1ccccn1)Cc1ccccn1.O=C(O)CN(CCN(Cc1ccccn1)Cc1ccccn1)Cc1ccccn1.[2H]CF. The number of rotatable bonds is 28. The van der Waals surface area contributed by atoms with Gasteiger partial charge in [0.15, 0.2) is 0 Å². The van der Waals surface area contributed by atoms with Gasteiger partial charge in [-0.3, -0.25) is 63.5 Å². The molecule has 0 spiro atoms. The number of likely N-dealkylation sites (N-methyl/N-ethyl adjacent to an activating group) is 1. The molecule has 0 saturated carbocycles. The lowest BCUT2D eigenvalue weighted by molar-refractivity contribution is -0.139. The van der Waals surface area contributed by atoms with Crippen molar-refractivity contribution in [2.24, 2.45) is 0 Å². The van der Waals surface area contributed by atoms with Crippen LogP contribution in [0, 0.1) is 0 Å². The monoisotopic (exact) mass is 995 g/mol. The summed E-state index contributed by atoms with van der Waals surface area (Å²) in [6, 6.07) is 34.5. The molecule has 386 valence electrons. The molecule has 0 aliphatic heterocycles. The zero-order valence-corrected chi connectivity index (χ0v) is 40.6. The van der Waals surface area contributed by atoms with Gasteiger partial charge in [0.1, 0.15) is 24.4 Å². The van der Waals surface area contributed by atoms with Gasteiger partial charge in [0.2, 0.25) is 5.91 Å². The van der Waals surface area contributed by atoms with Crippen LogP contribution in [0.25, 0.3) is 0 Å². The number of carbonyl (C=O) groups is 2. The lowest BCUT2D eigenvalue weighted by Crippen LogP contribution is -2.51. The van der Waals surface area contributed by atoms with E-state index in [0.29, 0.717) is 65.4 Å². The average molecular weight is 995 g/mol. The van der Waals surface area contributed by atoms with Crippen molar-refractivity contribution in [3.8, 4) is 0 Å². The second-order valence-electron chi connectivity index (χ2n) is 16.7. The zero-order valence-electron chi connectivity index (χ0n) is 41.6. The number of hydrogen-bond acceptors (Lipinski definition) is 17. The topological polar surface area (TPSA) is 249 Å². The largest absolute Gasteiger partial charge is 0.480 e. The number of nitrogens with zero attached hydrogens (tertiary/aromatic N) is 11. The van der Waals surface area contributed by atoms with Gasteiger partial charge in [-0.15, -0.1) is 0 Å². The number of aliphatic carboxylic acids is 1. The number of hydrogen-bond donors (Lipinski definition) is 6. The molecule has 6 aromatic rings. The van der Waals surface area contributed by atoms with E-state index in [2.05, 4.69) is 39.7 Å². The maximum Gasteiger partial charge on any atom is 0.317 e. The van der Waals surface area contributed by atoms with E-state index in [1.807, 2.05) is 119 Å². The maximum absolute atomic E-state index is 13.2. The first-order chi connectivity index (χ1) is 35.4. The average Bonchev–Trinajstić information content (AvgIpc) is 3.40. The Kier molecular flexibility index (Phi) is 25.9. The van der Waals surface area contributed by atoms with E-state index in [0.717, 1.165) is 34.2 Å². The van der Waals surface area contributed by atoms with Crippen LogP contribution in [-0.2, 0) is 48.9 Å². The second kappa shape index (κ2) is 33.1. The summed E-state index contributed by atoms with van der Waals surface area (Å²) >= 11 is 0. The van der Waals surface area contributed by atoms with Crippen molar-refractivity contribution in [3.63, 3.8) is 0 Å². The summed E-state index contributed by atoms with van der Waals surface area (Å²) in [6.45, 7) is 4.76. The number of halogens is 1. The fraction of sp³-hybridized carbons (Fsp3) is 0.385. The highest BCUT2D eigenvalue weighted by Crippen LogP contribution is 2.12.